The summed E-state index contributed by atoms with van der Waals surface area (Å²) in [7, 11) is 0. The molecular formula is C15H20F2N2O3. The second kappa shape index (κ2) is 7.93. The number of nitrogens with one attached hydrogen (secondary N) is 1. The van der Waals surface area contributed by atoms with Crippen molar-refractivity contribution in [1.82, 2.24) is 4.90 Å². The highest BCUT2D eigenvalue weighted by molar-refractivity contribution is 5.89. The molecule has 1 unspecified atom stereocenters. The first-order valence-corrected chi connectivity index (χ1v) is 7.26. The van der Waals surface area contributed by atoms with E-state index in [-0.39, 0.29) is 13.0 Å². The van der Waals surface area contributed by atoms with Crippen LogP contribution in [0.2, 0.25) is 0 Å². The number of amides is 2. The zero-order chi connectivity index (χ0) is 15.9. The topological polar surface area (TPSA) is 50.8 Å². The first-order valence-electron chi connectivity index (χ1n) is 7.26. The summed E-state index contributed by atoms with van der Waals surface area (Å²) >= 11 is 0. The van der Waals surface area contributed by atoms with Gasteiger partial charge in [0.1, 0.15) is 5.75 Å². The van der Waals surface area contributed by atoms with Crippen molar-refractivity contribution in [1.29, 1.82) is 0 Å². The second-order valence-electron chi connectivity index (χ2n) is 4.94. The predicted octanol–water partition coefficient (Wildman–Crippen LogP) is 2.97. The highest BCUT2D eigenvalue weighted by atomic mass is 19.3. The number of alkyl halides is 2. The Morgan fingerprint density at radius 2 is 2.36 bits per heavy atom. The zero-order valence-corrected chi connectivity index (χ0v) is 12.4. The largest absolute Gasteiger partial charge is 0.494 e. The number of benzene rings is 1. The van der Waals surface area contributed by atoms with E-state index >= 15 is 0 Å². The Hall–Kier alpha value is -1.89. The molecule has 0 aromatic heterocycles. The van der Waals surface area contributed by atoms with Crippen molar-refractivity contribution >= 4 is 11.7 Å². The molecular weight excluding hydrogens is 294 g/mol. The van der Waals surface area contributed by atoms with Crippen LogP contribution in [0.4, 0.5) is 19.3 Å². The summed E-state index contributed by atoms with van der Waals surface area (Å²) in [6.07, 6.45) is -2.85. The summed E-state index contributed by atoms with van der Waals surface area (Å²) in [4.78, 5) is 13.7. The predicted molar refractivity (Wildman–Crippen MR) is 78.6 cm³/mol. The van der Waals surface area contributed by atoms with Crippen LogP contribution in [0, 0.1) is 0 Å². The van der Waals surface area contributed by atoms with Crippen LogP contribution in [0.5, 0.6) is 5.75 Å². The Labute approximate surface area is 128 Å². The van der Waals surface area contributed by atoms with E-state index < -0.39 is 18.5 Å². The van der Waals surface area contributed by atoms with Gasteiger partial charge in [0.2, 0.25) is 6.43 Å². The van der Waals surface area contributed by atoms with Crippen LogP contribution in [0.1, 0.15) is 13.3 Å². The maximum Gasteiger partial charge on any atom is 0.322 e. The van der Waals surface area contributed by atoms with Gasteiger partial charge in [0.05, 0.1) is 25.9 Å². The average molecular weight is 314 g/mol. The van der Waals surface area contributed by atoms with Crippen LogP contribution >= 0.6 is 0 Å². The third kappa shape index (κ3) is 4.56. The summed E-state index contributed by atoms with van der Waals surface area (Å²) in [5.41, 5.74) is 0.568. The quantitative estimate of drug-likeness (QED) is 0.909. The molecule has 0 aliphatic carbocycles. The third-order valence-corrected chi connectivity index (χ3v) is 3.33. The molecule has 5 nitrogen and oxygen atoms in total. The van der Waals surface area contributed by atoms with Crippen LogP contribution in [0.15, 0.2) is 24.3 Å². The van der Waals surface area contributed by atoms with Crippen molar-refractivity contribution in [3.63, 3.8) is 0 Å². The minimum atomic E-state index is -2.47. The Balaban J connectivity index is 2.01. The van der Waals surface area contributed by atoms with Gasteiger partial charge >= 0.3 is 6.03 Å². The van der Waals surface area contributed by atoms with E-state index in [9.17, 15) is 13.6 Å². The van der Waals surface area contributed by atoms with Gasteiger partial charge < -0.3 is 19.7 Å². The first-order chi connectivity index (χ1) is 10.6. The highest BCUT2D eigenvalue weighted by Gasteiger charge is 2.29. The molecule has 1 aliphatic heterocycles. The number of halogens is 2. The number of morpholine rings is 1. The highest BCUT2D eigenvalue weighted by Crippen LogP contribution is 2.20. The van der Waals surface area contributed by atoms with E-state index in [1.54, 1.807) is 24.3 Å². The first kappa shape index (κ1) is 16.5. The van der Waals surface area contributed by atoms with Crippen LogP contribution in [-0.4, -0.2) is 49.8 Å². The molecule has 0 bridgehead atoms. The fourth-order valence-corrected chi connectivity index (χ4v) is 2.35. The lowest BCUT2D eigenvalue weighted by molar-refractivity contribution is -0.00966. The maximum atomic E-state index is 12.6. The van der Waals surface area contributed by atoms with Crippen LogP contribution in [0.3, 0.4) is 0 Å². The molecule has 22 heavy (non-hydrogen) atoms. The van der Waals surface area contributed by atoms with E-state index in [2.05, 4.69) is 5.32 Å². The number of anilines is 1. The van der Waals surface area contributed by atoms with Gasteiger partial charge in [0.15, 0.2) is 0 Å². The molecule has 1 aliphatic rings. The van der Waals surface area contributed by atoms with E-state index in [0.717, 1.165) is 0 Å². The fourth-order valence-electron chi connectivity index (χ4n) is 2.35. The molecule has 0 saturated carbocycles. The van der Waals surface area contributed by atoms with Crippen molar-refractivity contribution < 1.29 is 23.0 Å². The Kier molecular flexibility index (Phi) is 5.94. The zero-order valence-electron chi connectivity index (χ0n) is 12.4. The van der Waals surface area contributed by atoms with Crippen LogP contribution < -0.4 is 10.1 Å². The van der Waals surface area contributed by atoms with Crippen LogP contribution in [-0.2, 0) is 4.74 Å². The SMILES string of the molecule is CCOc1cccc(NC(=O)N2CCOCC2CC(F)F)c1. The van der Waals surface area contributed by atoms with Gasteiger partial charge in [-0.1, -0.05) is 6.07 Å². The lowest BCUT2D eigenvalue weighted by atomic mass is 10.1. The molecule has 1 N–H and O–H groups in total. The molecule has 1 fully saturated rings. The van der Waals surface area contributed by atoms with Crippen molar-refractivity contribution in [2.75, 3.05) is 31.7 Å². The van der Waals surface area contributed by atoms with Gasteiger partial charge in [-0.15, -0.1) is 0 Å². The number of nitrogens with zero attached hydrogens (tertiary/aromatic N) is 1. The minimum Gasteiger partial charge on any atom is -0.494 e. The molecule has 1 heterocycles. The van der Waals surface area contributed by atoms with Gasteiger partial charge in [0, 0.05) is 24.7 Å². The Morgan fingerprint density at radius 1 is 1.55 bits per heavy atom. The van der Waals surface area contributed by atoms with Crippen LogP contribution in [0.25, 0.3) is 0 Å². The molecule has 2 rings (SSSR count). The number of urea groups is 1. The monoisotopic (exact) mass is 314 g/mol. The van der Waals surface area contributed by atoms with Crippen molar-refractivity contribution in [3.8, 4) is 5.75 Å². The third-order valence-electron chi connectivity index (χ3n) is 3.33. The lowest BCUT2D eigenvalue weighted by Gasteiger charge is -2.35. The standard InChI is InChI=1S/C15H20F2N2O3/c1-2-22-13-5-3-4-11(8-13)18-15(20)19-6-7-21-10-12(19)9-14(16)17/h3-5,8,12,14H,2,6-7,9-10H2,1H3,(H,18,20). The van der Waals surface area contributed by atoms with Crippen molar-refractivity contribution in [2.24, 2.45) is 0 Å². The molecule has 2 amide bonds. The van der Waals surface area contributed by atoms with E-state index in [4.69, 9.17) is 9.47 Å². The van der Waals surface area contributed by atoms with Gasteiger partial charge in [-0.25, -0.2) is 13.6 Å². The fraction of sp³-hybridized carbons (Fsp3) is 0.533. The number of carbonyl (C=O) groups excluding carboxylic acids is 1. The molecule has 1 aromatic carbocycles. The Bertz CT molecular complexity index is 499. The normalized spacial score (nSPS) is 18.4. The smallest absolute Gasteiger partial charge is 0.322 e. The summed E-state index contributed by atoms with van der Waals surface area (Å²) < 4.78 is 35.7. The molecule has 0 spiro atoms. The molecule has 1 atom stereocenters. The van der Waals surface area contributed by atoms with E-state index in [1.807, 2.05) is 6.92 Å². The molecule has 0 radical (unpaired) electrons. The summed E-state index contributed by atoms with van der Waals surface area (Å²) in [5.74, 6) is 0.645. The van der Waals surface area contributed by atoms with Crippen molar-refractivity contribution in [3.05, 3.63) is 24.3 Å². The second-order valence-corrected chi connectivity index (χ2v) is 4.94. The molecule has 1 saturated heterocycles. The van der Waals surface area contributed by atoms with E-state index in [1.165, 1.54) is 4.90 Å². The summed E-state index contributed by atoms with van der Waals surface area (Å²) in [6.45, 7) is 3.18. The van der Waals surface area contributed by atoms with Gasteiger partial charge in [-0.05, 0) is 19.1 Å². The number of rotatable bonds is 5. The molecule has 122 valence electrons. The summed E-state index contributed by atoms with van der Waals surface area (Å²) in [6, 6.07) is 5.96. The Morgan fingerprint density at radius 3 is 3.09 bits per heavy atom. The van der Waals surface area contributed by atoms with E-state index in [0.29, 0.717) is 31.2 Å². The number of hydrogen-bond donors (Lipinski definition) is 1. The van der Waals surface area contributed by atoms with Gasteiger partial charge in [0.25, 0.3) is 0 Å². The minimum absolute atomic E-state index is 0.136. The molecule has 7 heteroatoms. The van der Waals surface area contributed by atoms with Gasteiger partial charge in [-0.3, -0.25) is 0 Å². The molecule has 1 aromatic rings. The maximum absolute atomic E-state index is 12.6. The number of hydrogen-bond acceptors (Lipinski definition) is 3. The lowest BCUT2D eigenvalue weighted by Crippen LogP contribution is -2.51. The number of carbonyl (C=O) groups is 1. The average Bonchev–Trinajstić information content (AvgIpc) is 2.48. The van der Waals surface area contributed by atoms with Crippen molar-refractivity contribution in [2.45, 2.75) is 25.8 Å². The summed E-state index contributed by atoms with van der Waals surface area (Å²) in [5, 5.41) is 2.72. The van der Waals surface area contributed by atoms with Gasteiger partial charge in [-0.2, -0.15) is 0 Å². The number of ether oxygens (including phenoxy) is 2.